The zero-order chi connectivity index (χ0) is 15.5. The van der Waals surface area contributed by atoms with E-state index in [0.717, 1.165) is 5.56 Å². The first kappa shape index (κ1) is 15.0. The Morgan fingerprint density at radius 2 is 2.14 bits per heavy atom. The first-order chi connectivity index (χ1) is 10.7. The fourth-order valence-corrected chi connectivity index (χ4v) is 2.94. The number of ketones is 1. The van der Waals surface area contributed by atoms with E-state index in [9.17, 15) is 9.59 Å². The number of carbonyl (C=O) groups is 2. The van der Waals surface area contributed by atoms with Crippen LogP contribution in [0.3, 0.4) is 0 Å². The van der Waals surface area contributed by atoms with Crippen LogP contribution in [-0.2, 0) is 25.6 Å². The maximum absolute atomic E-state index is 11.9. The van der Waals surface area contributed by atoms with E-state index in [1.54, 1.807) is 6.92 Å². The van der Waals surface area contributed by atoms with Crippen LogP contribution in [0.2, 0.25) is 0 Å². The van der Waals surface area contributed by atoms with Crippen molar-refractivity contribution in [3.05, 3.63) is 35.9 Å². The Morgan fingerprint density at radius 3 is 2.86 bits per heavy atom. The molecule has 0 saturated carbocycles. The minimum absolute atomic E-state index is 0.0324. The number of nitrogens with one attached hydrogen (secondary N) is 1. The topological polar surface area (TPSA) is 73.9 Å². The van der Waals surface area contributed by atoms with Gasteiger partial charge in [0.25, 0.3) is 0 Å². The van der Waals surface area contributed by atoms with E-state index in [1.807, 2.05) is 30.3 Å². The summed E-state index contributed by atoms with van der Waals surface area (Å²) < 4.78 is 16.4. The highest BCUT2D eigenvalue weighted by Crippen LogP contribution is 2.34. The molecule has 1 N–H and O–H groups in total. The summed E-state index contributed by atoms with van der Waals surface area (Å²) in [6, 6.07) is 9.32. The molecule has 22 heavy (non-hydrogen) atoms. The Balaban J connectivity index is 1.65. The summed E-state index contributed by atoms with van der Waals surface area (Å²) in [6.45, 7) is 2.40. The number of hydrogen-bond donors (Lipinski definition) is 1. The van der Waals surface area contributed by atoms with Gasteiger partial charge in [0.1, 0.15) is 12.2 Å². The van der Waals surface area contributed by atoms with E-state index in [2.05, 4.69) is 5.32 Å². The summed E-state index contributed by atoms with van der Waals surface area (Å²) in [7, 11) is 0. The van der Waals surface area contributed by atoms with Gasteiger partial charge in [-0.1, -0.05) is 30.3 Å². The van der Waals surface area contributed by atoms with Crippen LogP contribution in [0.1, 0.15) is 18.9 Å². The van der Waals surface area contributed by atoms with Gasteiger partial charge in [-0.3, -0.25) is 4.79 Å². The first-order valence-electron chi connectivity index (χ1n) is 7.46. The summed E-state index contributed by atoms with van der Waals surface area (Å²) in [4.78, 5) is 23.5. The molecule has 6 nitrogen and oxygen atoms in total. The lowest BCUT2D eigenvalue weighted by molar-refractivity contribution is -0.128. The molecule has 4 unspecified atom stereocenters. The maximum atomic E-state index is 11.9. The molecule has 0 aromatic heterocycles. The summed E-state index contributed by atoms with van der Waals surface area (Å²) in [5.41, 5.74) is 1.01. The molecule has 2 heterocycles. The van der Waals surface area contributed by atoms with Gasteiger partial charge in [0, 0.05) is 6.42 Å². The van der Waals surface area contributed by atoms with Crippen LogP contribution in [0.25, 0.3) is 0 Å². The van der Waals surface area contributed by atoms with Gasteiger partial charge in [-0.05, 0) is 12.5 Å². The zero-order valence-corrected chi connectivity index (χ0v) is 12.4. The average molecular weight is 305 g/mol. The Morgan fingerprint density at radius 1 is 1.36 bits per heavy atom. The van der Waals surface area contributed by atoms with Gasteiger partial charge in [-0.25, -0.2) is 4.79 Å². The second-order valence-electron chi connectivity index (χ2n) is 5.42. The maximum Gasteiger partial charge on any atom is 0.407 e. The quantitative estimate of drug-likeness (QED) is 0.890. The second-order valence-corrected chi connectivity index (χ2v) is 5.42. The van der Waals surface area contributed by atoms with Crippen molar-refractivity contribution in [3.63, 3.8) is 0 Å². The molecule has 0 spiro atoms. The lowest BCUT2D eigenvalue weighted by atomic mass is 9.91. The molecule has 0 radical (unpaired) electrons. The largest absolute Gasteiger partial charge is 0.450 e. The highest BCUT2D eigenvalue weighted by molar-refractivity contribution is 5.88. The molecule has 2 fully saturated rings. The normalized spacial score (nSPS) is 29.6. The predicted molar refractivity (Wildman–Crippen MR) is 77.2 cm³/mol. The monoisotopic (exact) mass is 305 g/mol. The molecule has 2 aliphatic heterocycles. The number of fused-ring (bicyclic) bond motifs is 2. The number of benzene rings is 1. The molecule has 6 heteroatoms. The van der Waals surface area contributed by atoms with E-state index in [-0.39, 0.29) is 17.9 Å². The van der Waals surface area contributed by atoms with Gasteiger partial charge in [0.2, 0.25) is 0 Å². The molecule has 1 aromatic carbocycles. The first-order valence-corrected chi connectivity index (χ1v) is 7.46. The van der Waals surface area contributed by atoms with Crippen LogP contribution in [-0.4, -0.2) is 42.8 Å². The van der Waals surface area contributed by atoms with Crippen molar-refractivity contribution in [3.8, 4) is 0 Å². The fraction of sp³-hybridized carbons (Fsp3) is 0.500. The third-order valence-electron chi connectivity index (χ3n) is 3.94. The van der Waals surface area contributed by atoms with Crippen LogP contribution in [0, 0.1) is 0 Å². The minimum Gasteiger partial charge on any atom is -0.450 e. The van der Waals surface area contributed by atoms with Crippen molar-refractivity contribution in [2.24, 2.45) is 0 Å². The molecular weight excluding hydrogens is 286 g/mol. The van der Waals surface area contributed by atoms with Crippen molar-refractivity contribution < 1.29 is 23.8 Å². The molecule has 1 aromatic rings. The van der Waals surface area contributed by atoms with Crippen molar-refractivity contribution in [1.29, 1.82) is 0 Å². The predicted octanol–water partition coefficient (Wildman–Crippen LogP) is 1.43. The van der Waals surface area contributed by atoms with Crippen LogP contribution >= 0.6 is 0 Å². The van der Waals surface area contributed by atoms with Gasteiger partial charge < -0.3 is 19.5 Å². The lowest BCUT2D eigenvalue weighted by Gasteiger charge is -2.27. The number of Topliss-reactive ketones (excluding diaryl/α,β-unsaturated/α-hetero) is 1. The molecule has 4 atom stereocenters. The molecule has 118 valence electrons. The number of rotatable bonds is 5. The van der Waals surface area contributed by atoms with Crippen molar-refractivity contribution in [1.82, 2.24) is 5.32 Å². The van der Waals surface area contributed by atoms with Crippen molar-refractivity contribution >= 4 is 11.9 Å². The highest BCUT2D eigenvalue weighted by atomic mass is 16.6. The molecule has 0 aliphatic carbocycles. The van der Waals surface area contributed by atoms with Gasteiger partial charge in [-0.2, -0.15) is 0 Å². The second kappa shape index (κ2) is 6.46. The van der Waals surface area contributed by atoms with Gasteiger partial charge >= 0.3 is 6.09 Å². The number of amides is 1. The van der Waals surface area contributed by atoms with Crippen LogP contribution < -0.4 is 5.32 Å². The number of carbonyl (C=O) groups excluding carboxylic acids is 2. The number of hydrogen-bond acceptors (Lipinski definition) is 5. The molecule has 3 rings (SSSR count). The molecule has 2 aliphatic rings. The molecular formula is C16H19NO5. The van der Waals surface area contributed by atoms with Gasteiger partial charge in [0.15, 0.2) is 5.78 Å². The Kier molecular flexibility index (Phi) is 4.40. The third-order valence-corrected chi connectivity index (χ3v) is 3.94. The smallest absolute Gasteiger partial charge is 0.407 e. The van der Waals surface area contributed by atoms with Crippen LogP contribution in [0.5, 0.6) is 0 Å². The van der Waals surface area contributed by atoms with Crippen LogP contribution in [0.4, 0.5) is 4.79 Å². The van der Waals surface area contributed by atoms with E-state index in [0.29, 0.717) is 19.6 Å². The Labute approximate surface area is 128 Å². The van der Waals surface area contributed by atoms with Gasteiger partial charge in [0.05, 0.1) is 25.4 Å². The number of ether oxygens (including phenoxy) is 3. The summed E-state index contributed by atoms with van der Waals surface area (Å²) in [5.74, 6) is 0.0324. The molecule has 1 amide bonds. The summed E-state index contributed by atoms with van der Waals surface area (Å²) in [5, 5.41) is 2.75. The zero-order valence-electron chi connectivity index (χ0n) is 12.4. The number of alkyl carbamates (subject to hydrolysis) is 1. The van der Waals surface area contributed by atoms with Crippen molar-refractivity contribution in [2.75, 3.05) is 6.61 Å². The average Bonchev–Trinajstić information content (AvgIpc) is 3.04. The Hall–Kier alpha value is -1.92. The van der Waals surface area contributed by atoms with E-state index in [1.165, 1.54) is 0 Å². The van der Waals surface area contributed by atoms with E-state index in [4.69, 9.17) is 14.2 Å². The standard InChI is InChI=1S/C16H19NO5/c1-2-20-16(19)17-13-12-8-11(18)14(22-12)15(13)21-9-10-6-4-3-5-7-10/h3-7,12-15H,2,8-9H2,1H3,(H,17,19). The third kappa shape index (κ3) is 2.98. The van der Waals surface area contributed by atoms with Crippen molar-refractivity contribution in [2.45, 2.75) is 44.3 Å². The molecule has 2 saturated heterocycles. The van der Waals surface area contributed by atoms with Gasteiger partial charge in [-0.15, -0.1) is 0 Å². The van der Waals surface area contributed by atoms with Crippen LogP contribution in [0.15, 0.2) is 30.3 Å². The summed E-state index contributed by atoms with van der Waals surface area (Å²) >= 11 is 0. The summed E-state index contributed by atoms with van der Waals surface area (Å²) in [6.07, 6.45) is -1.60. The SMILES string of the molecule is CCOC(=O)NC1C2CC(=O)C(O2)C1OCc1ccccc1. The fourth-order valence-electron chi connectivity index (χ4n) is 2.94. The molecule has 2 bridgehead atoms. The van der Waals surface area contributed by atoms with E-state index >= 15 is 0 Å². The Bertz CT molecular complexity index is 547. The lowest BCUT2D eigenvalue weighted by Crippen LogP contribution is -2.53. The highest BCUT2D eigenvalue weighted by Gasteiger charge is 2.55. The minimum atomic E-state index is -0.597. The van der Waals surface area contributed by atoms with E-state index < -0.39 is 18.3 Å².